The summed E-state index contributed by atoms with van der Waals surface area (Å²) in [7, 11) is -3.76. The highest BCUT2D eigenvalue weighted by Crippen LogP contribution is 2.21. The second kappa shape index (κ2) is 5.08. The lowest BCUT2D eigenvalue weighted by Gasteiger charge is -2.08. The van der Waals surface area contributed by atoms with E-state index in [-0.39, 0.29) is 9.20 Å². The van der Waals surface area contributed by atoms with Crippen LogP contribution in [-0.4, -0.2) is 25.4 Å². The number of primary amides is 1. The van der Waals surface area contributed by atoms with Crippen molar-refractivity contribution in [2.75, 3.05) is 0 Å². The van der Waals surface area contributed by atoms with Gasteiger partial charge in [0.15, 0.2) is 0 Å². The average Bonchev–Trinajstić information content (AvgIpc) is 2.65. The molecular weight excluding hydrogens is 282 g/mol. The van der Waals surface area contributed by atoms with Gasteiger partial charge in [0.2, 0.25) is 5.91 Å². The van der Waals surface area contributed by atoms with Gasteiger partial charge in [0.05, 0.1) is 10.9 Å². The smallest absolute Gasteiger partial charge is 0.250 e. The molecule has 6 nitrogen and oxygen atoms in total. The zero-order valence-corrected chi connectivity index (χ0v) is 11.3. The van der Waals surface area contributed by atoms with Crippen molar-refractivity contribution in [1.29, 1.82) is 0 Å². The summed E-state index contributed by atoms with van der Waals surface area (Å²) in [5, 5.41) is 0. The number of carbonyl (C=O) groups excluding carboxylic acids is 1. The molecule has 0 aliphatic rings. The van der Waals surface area contributed by atoms with Gasteiger partial charge in [0.25, 0.3) is 10.0 Å². The summed E-state index contributed by atoms with van der Waals surface area (Å²) in [4.78, 5) is 11.4. The van der Waals surface area contributed by atoms with Crippen LogP contribution in [0.3, 0.4) is 0 Å². The predicted octanol–water partition coefficient (Wildman–Crippen LogP) is -0.466. The van der Waals surface area contributed by atoms with Crippen molar-refractivity contribution in [3.63, 3.8) is 0 Å². The number of amides is 1. The molecule has 1 amide bonds. The number of sulfonamides is 1. The van der Waals surface area contributed by atoms with Gasteiger partial charge in [-0.2, -0.15) is 4.72 Å². The highest BCUT2D eigenvalue weighted by molar-refractivity contribution is 7.91. The van der Waals surface area contributed by atoms with Crippen LogP contribution in [0.25, 0.3) is 0 Å². The van der Waals surface area contributed by atoms with Gasteiger partial charge in [-0.05, 0) is 19.1 Å². The molecule has 0 saturated heterocycles. The molecular formula is C8H11N3O3S3. The Morgan fingerprint density at radius 1 is 1.47 bits per heavy atom. The second-order valence-corrected chi connectivity index (χ2v) is 6.69. The van der Waals surface area contributed by atoms with Gasteiger partial charge in [-0.3, -0.25) is 4.79 Å². The number of carbonyl (C=O) groups is 1. The van der Waals surface area contributed by atoms with Crippen molar-refractivity contribution >= 4 is 44.5 Å². The Kier molecular flexibility index (Phi) is 4.20. The Morgan fingerprint density at radius 3 is 2.47 bits per heavy atom. The first kappa shape index (κ1) is 14.0. The van der Waals surface area contributed by atoms with E-state index in [1.54, 1.807) is 0 Å². The van der Waals surface area contributed by atoms with Gasteiger partial charge in [0, 0.05) is 0 Å². The topological polar surface area (TPSA) is 115 Å². The Balaban J connectivity index is 2.97. The average molecular weight is 293 g/mol. The summed E-state index contributed by atoms with van der Waals surface area (Å²) < 4.78 is 25.8. The highest BCUT2D eigenvalue weighted by Gasteiger charge is 2.22. The van der Waals surface area contributed by atoms with Crippen LogP contribution < -0.4 is 16.2 Å². The van der Waals surface area contributed by atoms with Crippen molar-refractivity contribution in [2.45, 2.75) is 17.2 Å². The third-order valence-electron chi connectivity index (χ3n) is 1.85. The molecule has 94 valence electrons. The van der Waals surface area contributed by atoms with E-state index in [1.165, 1.54) is 19.1 Å². The normalized spacial score (nSPS) is 13.2. The lowest BCUT2D eigenvalue weighted by Crippen LogP contribution is -2.41. The molecule has 1 atom stereocenters. The van der Waals surface area contributed by atoms with Crippen LogP contribution in [0.15, 0.2) is 16.3 Å². The molecule has 1 rings (SSSR count). The fraction of sp³-hybridized carbons (Fsp3) is 0.250. The van der Waals surface area contributed by atoms with Gasteiger partial charge in [-0.1, -0.05) is 12.2 Å². The van der Waals surface area contributed by atoms with Crippen LogP contribution in [0.5, 0.6) is 0 Å². The Morgan fingerprint density at radius 2 is 2.06 bits per heavy atom. The number of thiocarbonyl (C=S) groups is 1. The molecule has 1 unspecified atom stereocenters. The first-order valence-electron chi connectivity index (χ1n) is 4.45. The molecule has 1 aromatic heterocycles. The fourth-order valence-electron chi connectivity index (χ4n) is 0.946. The SMILES string of the molecule is CC(NS(=O)(=O)c1ccc(C(N)=S)s1)C(N)=O. The number of hydrogen-bond donors (Lipinski definition) is 3. The Hall–Kier alpha value is -1.03. The molecule has 1 aromatic rings. The van der Waals surface area contributed by atoms with E-state index in [9.17, 15) is 13.2 Å². The molecule has 17 heavy (non-hydrogen) atoms. The maximum Gasteiger partial charge on any atom is 0.250 e. The van der Waals surface area contributed by atoms with Crippen molar-refractivity contribution in [2.24, 2.45) is 11.5 Å². The van der Waals surface area contributed by atoms with Gasteiger partial charge < -0.3 is 11.5 Å². The first-order chi connectivity index (χ1) is 7.74. The van der Waals surface area contributed by atoms with Crippen molar-refractivity contribution in [3.05, 3.63) is 17.0 Å². The van der Waals surface area contributed by atoms with E-state index in [0.717, 1.165) is 11.3 Å². The van der Waals surface area contributed by atoms with Crippen LogP contribution in [0.2, 0.25) is 0 Å². The molecule has 0 bridgehead atoms. The van der Waals surface area contributed by atoms with Gasteiger partial charge in [-0.25, -0.2) is 8.42 Å². The monoisotopic (exact) mass is 293 g/mol. The lowest BCUT2D eigenvalue weighted by molar-refractivity contribution is -0.119. The van der Waals surface area contributed by atoms with E-state index >= 15 is 0 Å². The second-order valence-electron chi connectivity index (χ2n) is 3.23. The third-order valence-corrected chi connectivity index (χ3v) is 5.35. The minimum atomic E-state index is -3.76. The molecule has 9 heteroatoms. The maximum absolute atomic E-state index is 11.8. The molecule has 0 aliphatic heterocycles. The van der Waals surface area contributed by atoms with E-state index in [1.807, 2.05) is 0 Å². The van der Waals surface area contributed by atoms with Crippen LogP contribution in [0, 0.1) is 0 Å². The summed E-state index contributed by atoms with van der Waals surface area (Å²) in [6.07, 6.45) is 0. The van der Waals surface area contributed by atoms with Crippen LogP contribution in [-0.2, 0) is 14.8 Å². The number of thiophene rings is 1. The van der Waals surface area contributed by atoms with Gasteiger partial charge >= 0.3 is 0 Å². The zero-order valence-electron chi connectivity index (χ0n) is 8.84. The molecule has 0 spiro atoms. The molecule has 0 saturated carbocycles. The van der Waals surface area contributed by atoms with Gasteiger partial charge in [0.1, 0.15) is 9.20 Å². The number of nitrogens with two attached hydrogens (primary N) is 2. The quantitative estimate of drug-likeness (QED) is 0.635. The van der Waals surface area contributed by atoms with E-state index < -0.39 is 22.0 Å². The minimum Gasteiger partial charge on any atom is -0.389 e. The first-order valence-corrected chi connectivity index (χ1v) is 7.16. The Labute approximate surface area is 108 Å². The fourth-order valence-corrected chi connectivity index (χ4v) is 3.53. The maximum atomic E-state index is 11.8. The van der Waals surface area contributed by atoms with Crippen molar-refractivity contribution in [3.8, 4) is 0 Å². The van der Waals surface area contributed by atoms with Crippen LogP contribution >= 0.6 is 23.6 Å². The number of rotatable bonds is 5. The summed E-state index contributed by atoms with van der Waals surface area (Å²) >= 11 is 5.66. The zero-order chi connectivity index (χ0) is 13.2. The van der Waals surface area contributed by atoms with Gasteiger partial charge in [-0.15, -0.1) is 11.3 Å². The molecule has 1 heterocycles. The molecule has 0 aliphatic carbocycles. The largest absolute Gasteiger partial charge is 0.389 e. The van der Waals surface area contributed by atoms with E-state index in [2.05, 4.69) is 4.72 Å². The summed E-state index contributed by atoms with van der Waals surface area (Å²) in [6, 6.07) is 1.90. The van der Waals surface area contributed by atoms with Crippen molar-refractivity contribution < 1.29 is 13.2 Å². The summed E-state index contributed by atoms with van der Waals surface area (Å²) in [5.41, 5.74) is 10.3. The third kappa shape index (κ3) is 3.46. The standard InChI is InChI=1S/C8H11N3O3S3/c1-4(7(9)12)11-17(13,14)6-3-2-5(16-6)8(10)15/h2-4,11H,1H3,(H2,9,12)(H2,10,15). The summed E-state index contributed by atoms with van der Waals surface area (Å²) in [5.74, 6) is -0.750. The van der Waals surface area contributed by atoms with Crippen molar-refractivity contribution in [1.82, 2.24) is 4.72 Å². The number of nitrogens with one attached hydrogen (secondary N) is 1. The molecule has 5 N–H and O–H groups in total. The highest BCUT2D eigenvalue weighted by atomic mass is 32.2. The van der Waals surface area contributed by atoms with Crippen LogP contribution in [0.4, 0.5) is 0 Å². The lowest BCUT2D eigenvalue weighted by atomic mass is 10.4. The van der Waals surface area contributed by atoms with Crippen LogP contribution in [0.1, 0.15) is 11.8 Å². The summed E-state index contributed by atoms with van der Waals surface area (Å²) in [6.45, 7) is 1.36. The predicted molar refractivity (Wildman–Crippen MR) is 69.2 cm³/mol. The number of hydrogen-bond acceptors (Lipinski definition) is 5. The Bertz CT molecular complexity index is 549. The van der Waals surface area contributed by atoms with E-state index in [4.69, 9.17) is 23.7 Å². The molecule has 0 aromatic carbocycles. The molecule has 0 fully saturated rings. The van der Waals surface area contributed by atoms with E-state index in [0.29, 0.717) is 4.88 Å². The minimum absolute atomic E-state index is 0.0356. The molecule has 0 radical (unpaired) electrons.